The van der Waals surface area contributed by atoms with Crippen molar-refractivity contribution in [3.05, 3.63) is 168 Å². The Bertz CT molecular complexity index is 2090. The topological polar surface area (TPSA) is 35.0 Å². The van der Waals surface area contributed by atoms with Crippen molar-refractivity contribution < 1.29 is 4.74 Å². The number of hydrogen-bond donors (Lipinski definition) is 0. The summed E-state index contributed by atoms with van der Waals surface area (Å²) in [5, 5.41) is 0. The van der Waals surface area contributed by atoms with Crippen molar-refractivity contribution in [2.75, 3.05) is 0 Å². The van der Waals surface area contributed by atoms with E-state index >= 15 is 0 Å². The van der Waals surface area contributed by atoms with Gasteiger partial charge in [0.2, 0.25) is 0 Å². The largest absolute Gasteiger partial charge is 0.457 e. The van der Waals surface area contributed by atoms with Crippen LogP contribution in [0.15, 0.2) is 146 Å². The quantitative estimate of drug-likeness (QED) is 0.220. The predicted molar refractivity (Wildman–Crippen MR) is 168 cm³/mol. The minimum absolute atomic E-state index is 0.256. The average Bonchev–Trinajstić information content (AvgIpc) is 3.35. The highest BCUT2D eigenvalue weighted by Gasteiger charge is 2.56. The van der Waals surface area contributed by atoms with Gasteiger partial charge in [0, 0.05) is 34.1 Å². The first-order valence-corrected chi connectivity index (χ1v) is 14.5. The molecule has 3 heteroatoms. The lowest BCUT2D eigenvalue weighted by Crippen LogP contribution is -2.37. The molecule has 9 rings (SSSR count). The summed E-state index contributed by atoms with van der Waals surface area (Å²) in [6.45, 7) is 0. The average molecular weight is 539 g/mol. The zero-order valence-electron chi connectivity index (χ0n) is 22.8. The number of ether oxygens (including phenoxy) is 1. The van der Waals surface area contributed by atoms with Gasteiger partial charge >= 0.3 is 0 Å². The smallest absolute Gasteiger partial charge is 0.132 e. The molecule has 6 aromatic rings. The van der Waals surface area contributed by atoms with Gasteiger partial charge in [-0.1, -0.05) is 121 Å². The first-order chi connectivity index (χ1) is 20.8. The lowest BCUT2D eigenvalue weighted by Gasteiger charge is -2.43. The molecule has 0 amide bonds. The summed E-state index contributed by atoms with van der Waals surface area (Å²) in [7, 11) is 0. The molecule has 1 aliphatic heterocycles. The summed E-state index contributed by atoms with van der Waals surface area (Å²) in [5.41, 5.74) is 10.7. The van der Waals surface area contributed by atoms with E-state index in [2.05, 4.69) is 127 Å². The molecule has 198 valence electrons. The number of nitrogens with zero attached hydrogens (tertiary/aromatic N) is 2. The van der Waals surface area contributed by atoms with Crippen molar-refractivity contribution in [1.82, 2.24) is 9.97 Å². The molecule has 5 aromatic carbocycles. The van der Waals surface area contributed by atoms with Crippen molar-refractivity contribution in [3.8, 4) is 33.9 Å². The van der Waals surface area contributed by atoms with Gasteiger partial charge in [-0.15, -0.1) is 0 Å². The van der Waals surface area contributed by atoms with Crippen LogP contribution in [0.2, 0.25) is 0 Å². The van der Waals surface area contributed by atoms with Crippen molar-refractivity contribution in [3.63, 3.8) is 0 Å². The number of benzene rings is 5. The number of rotatable bonds is 2. The Kier molecular flexibility index (Phi) is 4.94. The Morgan fingerprint density at radius 2 is 1.40 bits per heavy atom. The molecule has 2 aliphatic carbocycles. The van der Waals surface area contributed by atoms with Gasteiger partial charge in [-0.2, -0.15) is 0 Å². The first-order valence-electron chi connectivity index (χ1n) is 14.5. The second kappa shape index (κ2) is 8.86. The molecule has 2 heterocycles. The Balaban J connectivity index is 1.23. The monoisotopic (exact) mass is 538 g/mol. The lowest BCUT2D eigenvalue weighted by atomic mass is 9.62. The molecule has 0 saturated carbocycles. The molecule has 3 unspecified atom stereocenters. The van der Waals surface area contributed by atoms with E-state index in [1.54, 1.807) is 0 Å². The number of hydrogen-bond acceptors (Lipinski definition) is 3. The highest BCUT2D eigenvalue weighted by molar-refractivity contribution is 5.92. The third-order valence-corrected chi connectivity index (χ3v) is 9.27. The van der Waals surface area contributed by atoms with Crippen LogP contribution in [0.25, 0.3) is 33.4 Å². The van der Waals surface area contributed by atoms with Crippen molar-refractivity contribution >= 4 is 11.0 Å². The first kappa shape index (κ1) is 23.4. The van der Waals surface area contributed by atoms with Gasteiger partial charge < -0.3 is 4.74 Å². The Hall–Kier alpha value is -5.28. The number of aromatic nitrogens is 2. The molecule has 0 fully saturated rings. The summed E-state index contributed by atoms with van der Waals surface area (Å²) >= 11 is 0. The molecule has 1 spiro atoms. The summed E-state index contributed by atoms with van der Waals surface area (Å²) in [5.74, 6) is 2.36. The van der Waals surface area contributed by atoms with E-state index in [1.165, 1.54) is 22.3 Å². The van der Waals surface area contributed by atoms with Gasteiger partial charge in [0.1, 0.15) is 11.5 Å². The number of allylic oxidation sites excluding steroid dienone is 4. The van der Waals surface area contributed by atoms with E-state index in [0.29, 0.717) is 5.92 Å². The van der Waals surface area contributed by atoms with Crippen LogP contribution in [0.3, 0.4) is 0 Å². The van der Waals surface area contributed by atoms with Gasteiger partial charge in [-0.3, -0.25) is 4.98 Å². The van der Waals surface area contributed by atoms with Crippen molar-refractivity contribution in [2.24, 2.45) is 5.92 Å². The molecule has 0 saturated heterocycles. The Labute approximate surface area is 244 Å². The molecule has 42 heavy (non-hydrogen) atoms. The number of para-hydroxylation sites is 2. The highest BCUT2D eigenvalue weighted by Crippen LogP contribution is 2.64. The summed E-state index contributed by atoms with van der Waals surface area (Å²) < 4.78 is 6.70. The van der Waals surface area contributed by atoms with Crippen molar-refractivity contribution in [2.45, 2.75) is 11.3 Å². The molecule has 0 bridgehead atoms. The van der Waals surface area contributed by atoms with Crippen LogP contribution in [0.1, 0.15) is 28.2 Å². The fraction of sp³-hybridized carbons (Fsp3) is 0.0769. The van der Waals surface area contributed by atoms with Crippen LogP contribution in [-0.2, 0) is 5.41 Å². The third-order valence-electron chi connectivity index (χ3n) is 9.27. The maximum Gasteiger partial charge on any atom is 0.132 e. The molecule has 1 aromatic heterocycles. The van der Waals surface area contributed by atoms with Crippen LogP contribution < -0.4 is 4.74 Å². The molecular formula is C39H26N2O. The predicted octanol–water partition coefficient (Wildman–Crippen LogP) is 9.24. The van der Waals surface area contributed by atoms with Gasteiger partial charge in [0.05, 0.1) is 28.3 Å². The Morgan fingerprint density at radius 1 is 0.619 bits per heavy atom. The van der Waals surface area contributed by atoms with Crippen LogP contribution in [0.5, 0.6) is 11.5 Å². The SMILES string of the molecule is C1=CC2c3ccccc3C3(c4ccccc4Oc4cc(-c5cnc6c(-c7ccccc7)cccc6n5)ccc43)C2C=C1. The van der Waals surface area contributed by atoms with Crippen LogP contribution >= 0.6 is 0 Å². The molecule has 0 radical (unpaired) electrons. The fourth-order valence-corrected chi connectivity index (χ4v) is 7.56. The van der Waals surface area contributed by atoms with E-state index in [4.69, 9.17) is 14.7 Å². The highest BCUT2D eigenvalue weighted by atomic mass is 16.5. The van der Waals surface area contributed by atoms with Crippen LogP contribution in [0.4, 0.5) is 0 Å². The Morgan fingerprint density at radius 3 is 2.33 bits per heavy atom. The maximum absolute atomic E-state index is 6.70. The zero-order valence-corrected chi connectivity index (χ0v) is 22.8. The van der Waals surface area contributed by atoms with E-state index in [-0.39, 0.29) is 11.3 Å². The fourth-order valence-electron chi connectivity index (χ4n) is 7.56. The molecule has 0 N–H and O–H groups in total. The molecular weight excluding hydrogens is 512 g/mol. The standard InChI is InChI=1S/C39H26N2O/c1-2-11-25(12-3-1)27-15-10-19-34-38(27)40-24-35(41-34)26-21-22-33-37(23-26)42-36-20-9-8-18-32(36)39(33)30-16-6-4-13-28(30)29-14-5-7-17-31(29)39/h1-24,28,30H. The molecule has 3 atom stereocenters. The van der Waals surface area contributed by atoms with E-state index in [1.807, 2.05) is 18.3 Å². The number of fused-ring (bicyclic) bond motifs is 10. The lowest BCUT2D eigenvalue weighted by molar-refractivity contribution is 0.374. The minimum atomic E-state index is -0.342. The second-order valence-corrected chi connectivity index (χ2v) is 11.3. The van der Waals surface area contributed by atoms with E-state index in [0.717, 1.165) is 44.9 Å². The van der Waals surface area contributed by atoms with Gasteiger partial charge in [0.25, 0.3) is 0 Å². The van der Waals surface area contributed by atoms with Gasteiger partial charge in [-0.05, 0) is 34.9 Å². The summed E-state index contributed by atoms with van der Waals surface area (Å²) in [6.07, 6.45) is 11.0. The molecule has 3 nitrogen and oxygen atoms in total. The third kappa shape index (κ3) is 3.16. The van der Waals surface area contributed by atoms with E-state index < -0.39 is 0 Å². The van der Waals surface area contributed by atoms with Crippen LogP contribution in [-0.4, -0.2) is 9.97 Å². The van der Waals surface area contributed by atoms with Crippen LogP contribution in [0, 0.1) is 5.92 Å². The zero-order chi connectivity index (χ0) is 27.7. The summed E-state index contributed by atoms with van der Waals surface area (Å²) in [6, 6.07) is 40.7. The maximum atomic E-state index is 6.70. The van der Waals surface area contributed by atoms with E-state index in [9.17, 15) is 0 Å². The summed E-state index contributed by atoms with van der Waals surface area (Å²) in [4.78, 5) is 9.99. The molecule has 3 aliphatic rings. The minimum Gasteiger partial charge on any atom is -0.457 e. The van der Waals surface area contributed by atoms with Crippen molar-refractivity contribution in [1.29, 1.82) is 0 Å². The van der Waals surface area contributed by atoms with Gasteiger partial charge in [-0.25, -0.2) is 4.98 Å². The normalized spacial score (nSPS) is 21.0. The van der Waals surface area contributed by atoms with Gasteiger partial charge in [0.15, 0.2) is 0 Å². The second-order valence-electron chi connectivity index (χ2n) is 11.3.